The molecule has 3 heterocycles. The van der Waals surface area contributed by atoms with E-state index in [1.165, 1.54) is 18.5 Å². The van der Waals surface area contributed by atoms with Crippen LogP contribution in [0.1, 0.15) is 36.9 Å². The molecule has 26 heavy (non-hydrogen) atoms. The van der Waals surface area contributed by atoms with Crippen LogP contribution in [0.5, 0.6) is 0 Å². The van der Waals surface area contributed by atoms with E-state index in [0.29, 0.717) is 52.9 Å². The Hall–Kier alpha value is -2.23. The Morgan fingerprint density at radius 3 is 2.65 bits per heavy atom. The van der Waals surface area contributed by atoms with Gasteiger partial charge >= 0.3 is 6.43 Å². The minimum Gasteiger partial charge on any atom is -0.356 e. The molecule has 10 heteroatoms. The van der Waals surface area contributed by atoms with Crippen molar-refractivity contribution >= 4 is 32.7 Å². The Labute approximate surface area is 154 Å². The van der Waals surface area contributed by atoms with Gasteiger partial charge in [-0.15, -0.1) is 0 Å². The molecule has 6 nitrogen and oxygen atoms in total. The smallest absolute Gasteiger partial charge is 0.315 e. The molecule has 0 bridgehead atoms. The van der Waals surface area contributed by atoms with Crippen molar-refractivity contribution < 1.29 is 17.7 Å². The monoisotopic (exact) mass is 427 g/mol. The summed E-state index contributed by atoms with van der Waals surface area (Å²) in [6.07, 6.45) is -0.00777. The molecule has 0 unspecified atom stereocenters. The van der Waals surface area contributed by atoms with E-state index in [1.807, 2.05) is 4.90 Å². The average Bonchev–Trinajstić information content (AvgIpc) is 3.12. The van der Waals surface area contributed by atoms with Crippen molar-refractivity contribution in [3.05, 3.63) is 40.5 Å². The van der Waals surface area contributed by atoms with Crippen LogP contribution in [0.3, 0.4) is 0 Å². The quantitative estimate of drug-likeness (QED) is 0.622. The molecular weight excluding hydrogens is 415 g/mol. The third-order valence-corrected chi connectivity index (χ3v) is 5.04. The van der Waals surface area contributed by atoms with Crippen LogP contribution in [0.4, 0.5) is 19.0 Å². The third kappa shape index (κ3) is 3.13. The van der Waals surface area contributed by atoms with E-state index in [-0.39, 0.29) is 11.7 Å². The van der Waals surface area contributed by atoms with Gasteiger partial charge in [-0.1, -0.05) is 5.16 Å². The van der Waals surface area contributed by atoms with Crippen molar-refractivity contribution in [1.82, 2.24) is 20.1 Å². The lowest BCUT2D eigenvalue weighted by molar-refractivity contribution is 0.106. The fraction of sp³-hybridized carbons (Fsp3) is 0.375. The summed E-state index contributed by atoms with van der Waals surface area (Å²) < 4.78 is 44.1. The van der Waals surface area contributed by atoms with Crippen LogP contribution in [-0.2, 0) is 0 Å². The van der Waals surface area contributed by atoms with Gasteiger partial charge in [0.25, 0.3) is 5.89 Å². The van der Waals surface area contributed by atoms with E-state index >= 15 is 0 Å². The fourth-order valence-corrected chi connectivity index (χ4v) is 3.72. The van der Waals surface area contributed by atoms with E-state index in [9.17, 15) is 13.2 Å². The molecule has 1 saturated heterocycles. The molecule has 1 aromatic carbocycles. The number of hydrogen-bond acceptors (Lipinski definition) is 6. The largest absolute Gasteiger partial charge is 0.356 e. The second kappa shape index (κ2) is 6.82. The van der Waals surface area contributed by atoms with E-state index in [4.69, 9.17) is 0 Å². The van der Waals surface area contributed by atoms with Gasteiger partial charge in [-0.3, -0.25) is 0 Å². The highest BCUT2D eigenvalue weighted by atomic mass is 79.9. The Morgan fingerprint density at radius 1 is 1.19 bits per heavy atom. The number of fused-ring (bicyclic) bond motifs is 1. The summed E-state index contributed by atoms with van der Waals surface area (Å²) >= 11 is 3.32. The van der Waals surface area contributed by atoms with Gasteiger partial charge in [0.1, 0.15) is 18.0 Å². The SMILES string of the molecule is Fc1cc(Br)c2ncnc(N3CCC(c4noc(C(F)F)n4)CC3)c2c1. The molecule has 0 atom stereocenters. The van der Waals surface area contributed by atoms with Crippen molar-refractivity contribution in [3.8, 4) is 0 Å². The molecule has 3 aromatic rings. The summed E-state index contributed by atoms with van der Waals surface area (Å²) in [6.45, 7) is 1.23. The lowest BCUT2D eigenvalue weighted by Crippen LogP contribution is -2.34. The molecule has 0 N–H and O–H groups in total. The Morgan fingerprint density at radius 2 is 1.96 bits per heavy atom. The average molecular weight is 428 g/mol. The molecule has 136 valence electrons. The van der Waals surface area contributed by atoms with Gasteiger partial charge in [-0.05, 0) is 40.9 Å². The number of anilines is 1. The van der Waals surface area contributed by atoms with E-state index < -0.39 is 12.3 Å². The number of halogens is 4. The van der Waals surface area contributed by atoms with Crippen LogP contribution in [0.2, 0.25) is 0 Å². The topological polar surface area (TPSA) is 67.9 Å². The molecule has 0 spiro atoms. The van der Waals surface area contributed by atoms with Crippen molar-refractivity contribution in [3.63, 3.8) is 0 Å². The molecule has 0 amide bonds. The first kappa shape index (κ1) is 17.2. The van der Waals surface area contributed by atoms with Crippen LogP contribution >= 0.6 is 15.9 Å². The highest BCUT2D eigenvalue weighted by molar-refractivity contribution is 9.10. The van der Waals surface area contributed by atoms with E-state index in [1.54, 1.807) is 0 Å². The molecule has 4 rings (SSSR count). The van der Waals surface area contributed by atoms with E-state index in [2.05, 4.69) is 40.6 Å². The van der Waals surface area contributed by atoms with Crippen LogP contribution in [0, 0.1) is 5.82 Å². The van der Waals surface area contributed by atoms with Crippen molar-refractivity contribution in [1.29, 1.82) is 0 Å². The molecule has 1 fully saturated rings. The molecular formula is C16H13BrF3N5O. The number of aromatic nitrogens is 4. The normalized spacial score (nSPS) is 16.0. The van der Waals surface area contributed by atoms with E-state index in [0.717, 1.165) is 0 Å². The van der Waals surface area contributed by atoms with Crippen molar-refractivity contribution in [2.75, 3.05) is 18.0 Å². The first-order valence-electron chi connectivity index (χ1n) is 7.99. The Balaban J connectivity index is 1.55. The summed E-state index contributed by atoms with van der Waals surface area (Å²) in [5.74, 6) is -0.124. The van der Waals surface area contributed by atoms with Crippen LogP contribution in [-0.4, -0.2) is 33.2 Å². The predicted molar refractivity (Wildman–Crippen MR) is 90.6 cm³/mol. The summed E-state index contributed by atoms with van der Waals surface area (Å²) in [4.78, 5) is 14.3. The van der Waals surface area contributed by atoms with Crippen molar-refractivity contribution in [2.24, 2.45) is 0 Å². The summed E-state index contributed by atoms with van der Waals surface area (Å²) in [6, 6.07) is 2.78. The second-order valence-electron chi connectivity index (χ2n) is 6.03. The zero-order valence-electron chi connectivity index (χ0n) is 13.4. The molecule has 1 aliphatic rings. The zero-order chi connectivity index (χ0) is 18.3. The van der Waals surface area contributed by atoms with Gasteiger partial charge in [0, 0.05) is 28.9 Å². The molecule has 0 radical (unpaired) electrons. The lowest BCUT2D eigenvalue weighted by Gasteiger charge is -2.32. The first-order chi connectivity index (χ1) is 12.5. The number of piperidine rings is 1. The maximum atomic E-state index is 13.8. The van der Waals surface area contributed by atoms with Crippen molar-refractivity contribution in [2.45, 2.75) is 25.2 Å². The summed E-state index contributed by atoms with van der Waals surface area (Å²) in [5.41, 5.74) is 0.637. The maximum Gasteiger partial charge on any atom is 0.315 e. The molecule has 0 aliphatic carbocycles. The third-order valence-electron chi connectivity index (χ3n) is 4.44. The zero-order valence-corrected chi connectivity index (χ0v) is 15.0. The van der Waals surface area contributed by atoms with Gasteiger partial charge in [0.2, 0.25) is 0 Å². The lowest BCUT2D eigenvalue weighted by atomic mass is 9.96. The Kier molecular flexibility index (Phi) is 4.51. The highest BCUT2D eigenvalue weighted by Gasteiger charge is 2.28. The van der Waals surface area contributed by atoms with Gasteiger partial charge in [-0.25, -0.2) is 14.4 Å². The number of hydrogen-bond donors (Lipinski definition) is 0. The number of rotatable bonds is 3. The predicted octanol–water partition coefficient (Wildman–Crippen LogP) is 4.24. The summed E-state index contributed by atoms with van der Waals surface area (Å²) in [5, 5.41) is 4.29. The fourth-order valence-electron chi connectivity index (χ4n) is 3.18. The Bertz CT molecular complexity index is 943. The van der Waals surface area contributed by atoms with Gasteiger partial charge in [0.15, 0.2) is 5.82 Å². The standard InChI is InChI=1S/C16H13BrF3N5O/c17-11-6-9(18)5-10-12(11)21-7-22-15(10)25-3-1-8(2-4-25)14-23-16(13(19)20)26-24-14/h5-8,13H,1-4H2. The molecule has 2 aromatic heterocycles. The van der Waals surface area contributed by atoms with Gasteiger partial charge in [0.05, 0.1) is 5.52 Å². The number of alkyl halides is 2. The minimum absolute atomic E-state index is 0.0564. The van der Waals surface area contributed by atoms with Crippen LogP contribution in [0.25, 0.3) is 10.9 Å². The van der Waals surface area contributed by atoms with Gasteiger partial charge in [-0.2, -0.15) is 13.8 Å². The molecule has 1 aliphatic heterocycles. The van der Waals surface area contributed by atoms with Crippen LogP contribution in [0.15, 0.2) is 27.5 Å². The minimum atomic E-state index is -2.77. The number of benzene rings is 1. The number of nitrogens with zero attached hydrogens (tertiary/aromatic N) is 5. The second-order valence-corrected chi connectivity index (χ2v) is 6.89. The highest BCUT2D eigenvalue weighted by Crippen LogP contribution is 2.34. The van der Waals surface area contributed by atoms with Crippen LogP contribution < -0.4 is 4.90 Å². The maximum absolute atomic E-state index is 13.8. The first-order valence-corrected chi connectivity index (χ1v) is 8.78. The summed E-state index contributed by atoms with van der Waals surface area (Å²) in [7, 11) is 0. The van der Waals surface area contributed by atoms with Gasteiger partial charge < -0.3 is 9.42 Å². The molecule has 0 saturated carbocycles.